The Labute approximate surface area is 171 Å². The van der Waals surface area contributed by atoms with Gasteiger partial charge in [-0.25, -0.2) is 0 Å². The van der Waals surface area contributed by atoms with E-state index in [0.29, 0.717) is 0 Å². The fourth-order valence-corrected chi connectivity index (χ4v) is 3.87. The predicted octanol–water partition coefficient (Wildman–Crippen LogP) is 8.01. The van der Waals surface area contributed by atoms with Crippen molar-refractivity contribution in [2.24, 2.45) is 0 Å². The number of hydrogen-bond donors (Lipinski definition) is 0. The SMILES string of the molecule is CCCc1cccc(N(c2cccc(CCC)c2)c2cccc(CCC)c2)c1. The van der Waals surface area contributed by atoms with Gasteiger partial charge in [-0.15, -0.1) is 0 Å². The van der Waals surface area contributed by atoms with Gasteiger partial charge in [-0.1, -0.05) is 76.4 Å². The largest absolute Gasteiger partial charge is 0.310 e. The maximum Gasteiger partial charge on any atom is 0.0464 e. The number of hydrogen-bond acceptors (Lipinski definition) is 1. The molecule has 0 radical (unpaired) electrons. The zero-order valence-electron chi connectivity index (χ0n) is 17.6. The molecule has 3 aromatic carbocycles. The van der Waals surface area contributed by atoms with Crippen LogP contribution in [0.25, 0.3) is 0 Å². The summed E-state index contributed by atoms with van der Waals surface area (Å²) in [5, 5.41) is 0. The minimum atomic E-state index is 1.12. The lowest BCUT2D eigenvalue weighted by Gasteiger charge is -2.27. The first kappa shape index (κ1) is 20.2. The van der Waals surface area contributed by atoms with Gasteiger partial charge in [0.05, 0.1) is 0 Å². The molecule has 0 bridgehead atoms. The Hall–Kier alpha value is -2.54. The van der Waals surface area contributed by atoms with Gasteiger partial charge in [-0.2, -0.15) is 0 Å². The summed E-state index contributed by atoms with van der Waals surface area (Å²) in [6.07, 6.45) is 6.86. The Morgan fingerprint density at radius 2 is 0.821 bits per heavy atom. The number of anilines is 3. The Morgan fingerprint density at radius 1 is 0.500 bits per heavy atom. The second kappa shape index (κ2) is 10.1. The maximum absolute atomic E-state index is 2.41. The van der Waals surface area contributed by atoms with Gasteiger partial charge in [0.1, 0.15) is 0 Å². The van der Waals surface area contributed by atoms with Crippen LogP contribution in [0, 0.1) is 0 Å². The van der Waals surface area contributed by atoms with Crippen molar-refractivity contribution in [2.75, 3.05) is 4.90 Å². The van der Waals surface area contributed by atoms with Gasteiger partial charge in [0, 0.05) is 17.1 Å². The minimum Gasteiger partial charge on any atom is -0.310 e. The lowest BCUT2D eigenvalue weighted by atomic mass is 10.0. The molecule has 146 valence electrons. The van der Waals surface area contributed by atoms with E-state index in [1.165, 1.54) is 53.0 Å². The number of benzene rings is 3. The molecule has 0 aliphatic rings. The van der Waals surface area contributed by atoms with Gasteiger partial charge in [0.25, 0.3) is 0 Å². The molecule has 0 N–H and O–H groups in total. The topological polar surface area (TPSA) is 3.24 Å². The summed E-state index contributed by atoms with van der Waals surface area (Å²) in [7, 11) is 0. The lowest BCUT2D eigenvalue weighted by Crippen LogP contribution is -2.11. The van der Waals surface area contributed by atoms with Crippen LogP contribution in [-0.2, 0) is 19.3 Å². The summed E-state index contributed by atoms with van der Waals surface area (Å²) in [6.45, 7) is 6.73. The highest BCUT2D eigenvalue weighted by atomic mass is 15.1. The van der Waals surface area contributed by atoms with Crippen molar-refractivity contribution in [3.63, 3.8) is 0 Å². The molecular formula is C27H33N. The van der Waals surface area contributed by atoms with Crippen molar-refractivity contribution in [3.8, 4) is 0 Å². The van der Waals surface area contributed by atoms with E-state index in [1.54, 1.807) is 0 Å². The van der Waals surface area contributed by atoms with Crippen molar-refractivity contribution < 1.29 is 0 Å². The first-order chi connectivity index (χ1) is 13.7. The zero-order valence-corrected chi connectivity index (χ0v) is 17.6. The number of rotatable bonds is 9. The normalized spacial score (nSPS) is 10.8. The fraction of sp³-hybridized carbons (Fsp3) is 0.333. The molecule has 0 amide bonds. The van der Waals surface area contributed by atoms with Crippen LogP contribution in [0.15, 0.2) is 72.8 Å². The van der Waals surface area contributed by atoms with Gasteiger partial charge in [-0.05, 0) is 72.4 Å². The summed E-state index contributed by atoms with van der Waals surface area (Å²) in [4.78, 5) is 2.41. The monoisotopic (exact) mass is 371 g/mol. The van der Waals surface area contributed by atoms with E-state index < -0.39 is 0 Å². The van der Waals surface area contributed by atoms with E-state index in [-0.39, 0.29) is 0 Å². The van der Waals surface area contributed by atoms with Crippen LogP contribution >= 0.6 is 0 Å². The third-order valence-electron chi connectivity index (χ3n) is 5.12. The number of aryl methyl sites for hydroxylation is 3. The van der Waals surface area contributed by atoms with E-state index in [2.05, 4.69) is 98.5 Å². The van der Waals surface area contributed by atoms with Crippen LogP contribution < -0.4 is 4.90 Å². The average Bonchev–Trinajstić information content (AvgIpc) is 2.70. The van der Waals surface area contributed by atoms with Crippen LogP contribution in [0.4, 0.5) is 17.1 Å². The van der Waals surface area contributed by atoms with E-state index in [0.717, 1.165) is 19.3 Å². The van der Waals surface area contributed by atoms with Crippen LogP contribution in [0.3, 0.4) is 0 Å². The predicted molar refractivity (Wildman–Crippen MR) is 123 cm³/mol. The van der Waals surface area contributed by atoms with Crippen LogP contribution in [0.2, 0.25) is 0 Å². The molecule has 0 atom stereocenters. The molecule has 0 aliphatic heterocycles. The van der Waals surface area contributed by atoms with Crippen molar-refractivity contribution in [2.45, 2.75) is 59.3 Å². The molecule has 0 unspecified atom stereocenters. The van der Waals surface area contributed by atoms with Crippen LogP contribution in [-0.4, -0.2) is 0 Å². The first-order valence-electron chi connectivity index (χ1n) is 10.8. The summed E-state index contributed by atoms with van der Waals surface area (Å²) >= 11 is 0. The summed E-state index contributed by atoms with van der Waals surface area (Å²) in [5.41, 5.74) is 7.94. The summed E-state index contributed by atoms with van der Waals surface area (Å²) in [6, 6.07) is 27.1. The zero-order chi connectivity index (χ0) is 19.8. The van der Waals surface area contributed by atoms with E-state index in [1.807, 2.05) is 0 Å². The highest BCUT2D eigenvalue weighted by Crippen LogP contribution is 2.36. The average molecular weight is 372 g/mol. The molecular weight excluding hydrogens is 338 g/mol. The highest BCUT2D eigenvalue weighted by molar-refractivity contribution is 5.77. The molecule has 0 saturated heterocycles. The Morgan fingerprint density at radius 3 is 1.11 bits per heavy atom. The maximum atomic E-state index is 2.41. The second-order valence-electron chi connectivity index (χ2n) is 7.60. The second-order valence-corrected chi connectivity index (χ2v) is 7.60. The molecule has 3 rings (SSSR count). The Kier molecular flexibility index (Phi) is 7.31. The molecule has 1 heteroatoms. The Bertz CT molecular complexity index is 763. The van der Waals surface area contributed by atoms with Gasteiger partial charge < -0.3 is 4.90 Å². The van der Waals surface area contributed by atoms with E-state index in [9.17, 15) is 0 Å². The molecule has 0 spiro atoms. The quantitative estimate of drug-likeness (QED) is 0.368. The van der Waals surface area contributed by atoms with Crippen LogP contribution in [0.5, 0.6) is 0 Å². The molecule has 0 fully saturated rings. The van der Waals surface area contributed by atoms with Gasteiger partial charge in [-0.3, -0.25) is 0 Å². The lowest BCUT2D eigenvalue weighted by molar-refractivity contribution is 0.918. The standard InChI is InChI=1S/C27H33N/c1-4-10-22-13-7-16-25(19-22)28(26-17-8-14-23(20-26)11-5-2)27-18-9-15-24(21-27)12-6-3/h7-9,13-21H,4-6,10-12H2,1-3H3. The van der Waals surface area contributed by atoms with Crippen molar-refractivity contribution in [1.82, 2.24) is 0 Å². The van der Waals surface area contributed by atoms with Gasteiger partial charge in [0.2, 0.25) is 0 Å². The van der Waals surface area contributed by atoms with Gasteiger partial charge >= 0.3 is 0 Å². The molecule has 1 nitrogen and oxygen atoms in total. The molecule has 0 heterocycles. The molecule has 28 heavy (non-hydrogen) atoms. The third-order valence-corrected chi connectivity index (χ3v) is 5.12. The van der Waals surface area contributed by atoms with Crippen molar-refractivity contribution >= 4 is 17.1 Å². The number of nitrogens with zero attached hydrogens (tertiary/aromatic N) is 1. The van der Waals surface area contributed by atoms with Crippen molar-refractivity contribution in [3.05, 3.63) is 89.5 Å². The third kappa shape index (κ3) is 5.04. The van der Waals surface area contributed by atoms with Crippen molar-refractivity contribution in [1.29, 1.82) is 0 Å². The van der Waals surface area contributed by atoms with E-state index >= 15 is 0 Å². The van der Waals surface area contributed by atoms with Gasteiger partial charge in [0.15, 0.2) is 0 Å². The minimum absolute atomic E-state index is 1.12. The summed E-state index contributed by atoms with van der Waals surface area (Å²) < 4.78 is 0. The first-order valence-corrected chi connectivity index (χ1v) is 10.8. The molecule has 0 saturated carbocycles. The molecule has 0 aliphatic carbocycles. The highest BCUT2D eigenvalue weighted by Gasteiger charge is 2.14. The molecule has 3 aromatic rings. The van der Waals surface area contributed by atoms with Crippen LogP contribution in [0.1, 0.15) is 56.7 Å². The molecule has 0 aromatic heterocycles. The Balaban J connectivity index is 2.10. The van der Waals surface area contributed by atoms with E-state index in [4.69, 9.17) is 0 Å². The fourth-order valence-electron chi connectivity index (χ4n) is 3.87. The summed E-state index contributed by atoms with van der Waals surface area (Å²) in [5.74, 6) is 0. The smallest absolute Gasteiger partial charge is 0.0464 e.